The Kier molecular flexibility index (Phi) is 4.24. The van der Waals surface area contributed by atoms with Crippen molar-refractivity contribution in [2.75, 3.05) is 10.6 Å². The fraction of sp³-hybridized carbons (Fsp3) is 0.211. The molecular weight excluding hydrogens is 334 g/mol. The SMILES string of the molecule is Cc1ccc(Nc2cc(-c3cccnc3)nc(NC3CC3)n2)c(Cl)c1. The lowest BCUT2D eigenvalue weighted by Crippen LogP contribution is -2.08. The maximum atomic E-state index is 6.34. The predicted molar refractivity (Wildman–Crippen MR) is 101 cm³/mol. The summed E-state index contributed by atoms with van der Waals surface area (Å²) in [4.78, 5) is 13.4. The quantitative estimate of drug-likeness (QED) is 0.690. The highest BCUT2D eigenvalue weighted by Gasteiger charge is 2.22. The molecule has 0 radical (unpaired) electrons. The molecule has 1 aliphatic rings. The molecule has 0 spiro atoms. The third-order valence-electron chi connectivity index (χ3n) is 3.98. The van der Waals surface area contributed by atoms with Crippen LogP contribution in [0.1, 0.15) is 18.4 Å². The van der Waals surface area contributed by atoms with Crippen molar-refractivity contribution < 1.29 is 0 Å². The lowest BCUT2D eigenvalue weighted by molar-refractivity contribution is 1.06. The summed E-state index contributed by atoms with van der Waals surface area (Å²) in [6, 6.07) is 12.2. The Morgan fingerprint density at radius 2 is 2.00 bits per heavy atom. The number of aryl methyl sites for hydroxylation is 1. The molecule has 25 heavy (non-hydrogen) atoms. The van der Waals surface area contributed by atoms with Crippen LogP contribution in [0.25, 0.3) is 11.3 Å². The standard InChI is InChI=1S/C19H18ClN5/c1-12-4-7-16(15(20)9-12)23-18-10-17(13-3-2-8-21-11-13)24-19(25-18)22-14-5-6-14/h2-4,7-11,14H,5-6H2,1H3,(H2,22,23,24,25). The zero-order valence-corrected chi connectivity index (χ0v) is 14.6. The Hall–Kier alpha value is -2.66. The van der Waals surface area contributed by atoms with Gasteiger partial charge in [0, 0.05) is 30.1 Å². The first-order valence-corrected chi connectivity index (χ1v) is 8.64. The second-order valence-electron chi connectivity index (χ2n) is 6.23. The predicted octanol–water partition coefficient (Wildman–Crippen LogP) is 4.82. The summed E-state index contributed by atoms with van der Waals surface area (Å²) < 4.78 is 0. The van der Waals surface area contributed by atoms with Crippen molar-refractivity contribution in [3.8, 4) is 11.3 Å². The summed E-state index contributed by atoms with van der Waals surface area (Å²) >= 11 is 6.34. The number of pyridine rings is 1. The Bertz CT molecular complexity index is 894. The molecule has 0 bridgehead atoms. The molecule has 1 saturated carbocycles. The van der Waals surface area contributed by atoms with Gasteiger partial charge in [0.05, 0.1) is 16.4 Å². The highest BCUT2D eigenvalue weighted by molar-refractivity contribution is 6.33. The van der Waals surface area contributed by atoms with Gasteiger partial charge in [-0.05, 0) is 49.6 Å². The number of nitrogens with one attached hydrogen (secondary N) is 2. The smallest absolute Gasteiger partial charge is 0.225 e. The van der Waals surface area contributed by atoms with Gasteiger partial charge in [0.2, 0.25) is 5.95 Å². The van der Waals surface area contributed by atoms with Crippen LogP contribution < -0.4 is 10.6 Å². The molecule has 0 atom stereocenters. The van der Waals surface area contributed by atoms with Crippen molar-refractivity contribution in [2.45, 2.75) is 25.8 Å². The van der Waals surface area contributed by atoms with Gasteiger partial charge in [-0.3, -0.25) is 4.98 Å². The third kappa shape index (κ3) is 3.88. The Morgan fingerprint density at radius 3 is 2.72 bits per heavy atom. The molecule has 0 amide bonds. The number of aromatic nitrogens is 3. The van der Waals surface area contributed by atoms with Crippen molar-refractivity contribution in [1.29, 1.82) is 0 Å². The fourth-order valence-electron chi connectivity index (χ4n) is 2.51. The van der Waals surface area contributed by atoms with Crippen LogP contribution >= 0.6 is 11.6 Å². The summed E-state index contributed by atoms with van der Waals surface area (Å²) in [6.45, 7) is 2.01. The molecule has 0 saturated heterocycles. The van der Waals surface area contributed by atoms with Crippen LogP contribution in [0.4, 0.5) is 17.5 Å². The van der Waals surface area contributed by atoms with Gasteiger partial charge in [-0.2, -0.15) is 4.98 Å². The van der Waals surface area contributed by atoms with E-state index in [1.165, 1.54) is 0 Å². The van der Waals surface area contributed by atoms with Gasteiger partial charge >= 0.3 is 0 Å². The maximum absolute atomic E-state index is 6.34. The first-order chi connectivity index (χ1) is 12.2. The lowest BCUT2D eigenvalue weighted by Gasteiger charge is -2.12. The first kappa shape index (κ1) is 15.8. The van der Waals surface area contributed by atoms with E-state index in [1.54, 1.807) is 12.4 Å². The Labute approximate surface area is 151 Å². The van der Waals surface area contributed by atoms with Crippen molar-refractivity contribution >= 4 is 29.1 Å². The number of rotatable bonds is 5. The van der Waals surface area contributed by atoms with Crippen LogP contribution in [0.3, 0.4) is 0 Å². The molecule has 2 N–H and O–H groups in total. The second-order valence-corrected chi connectivity index (χ2v) is 6.64. The van der Waals surface area contributed by atoms with E-state index in [9.17, 15) is 0 Å². The van der Waals surface area contributed by atoms with E-state index in [0.717, 1.165) is 35.3 Å². The average molecular weight is 352 g/mol. The second kappa shape index (κ2) is 6.69. The monoisotopic (exact) mass is 351 g/mol. The fourth-order valence-corrected chi connectivity index (χ4v) is 2.79. The molecule has 6 heteroatoms. The summed E-state index contributed by atoms with van der Waals surface area (Å²) in [6.07, 6.45) is 5.87. The van der Waals surface area contributed by atoms with Crippen LogP contribution in [-0.4, -0.2) is 21.0 Å². The van der Waals surface area contributed by atoms with Gasteiger partial charge in [-0.15, -0.1) is 0 Å². The summed E-state index contributed by atoms with van der Waals surface area (Å²) in [7, 11) is 0. The normalized spacial score (nSPS) is 13.5. The molecule has 3 aromatic rings. The summed E-state index contributed by atoms with van der Waals surface area (Å²) in [5.74, 6) is 1.32. The maximum Gasteiger partial charge on any atom is 0.225 e. The van der Waals surface area contributed by atoms with E-state index in [0.29, 0.717) is 22.8 Å². The van der Waals surface area contributed by atoms with Gasteiger partial charge < -0.3 is 10.6 Å². The average Bonchev–Trinajstić information content (AvgIpc) is 3.42. The molecule has 1 aliphatic carbocycles. The molecule has 1 fully saturated rings. The van der Waals surface area contributed by atoms with Crippen molar-refractivity contribution in [2.24, 2.45) is 0 Å². The van der Waals surface area contributed by atoms with Gasteiger partial charge in [-0.1, -0.05) is 17.7 Å². The van der Waals surface area contributed by atoms with E-state index in [4.69, 9.17) is 11.6 Å². The van der Waals surface area contributed by atoms with Crippen LogP contribution in [0.2, 0.25) is 5.02 Å². The number of nitrogens with zero attached hydrogens (tertiary/aromatic N) is 3. The number of hydrogen-bond acceptors (Lipinski definition) is 5. The molecule has 0 aliphatic heterocycles. The molecule has 4 rings (SSSR count). The minimum Gasteiger partial charge on any atom is -0.351 e. The Balaban J connectivity index is 1.70. The molecule has 126 valence electrons. The summed E-state index contributed by atoms with van der Waals surface area (Å²) in [5.41, 5.74) is 3.70. The highest BCUT2D eigenvalue weighted by atomic mass is 35.5. The largest absolute Gasteiger partial charge is 0.351 e. The van der Waals surface area contributed by atoms with E-state index in [1.807, 2.05) is 43.3 Å². The van der Waals surface area contributed by atoms with Gasteiger partial charge in [0.1, 0.15) is 5.82 Å². The summed E-state index contributed by atoms with van der Waals surface area (Å²) in [5, 5.41) is 7.33. The van der Waals surface area contributed by atoms with Gasteiger partial charge in [-0.25, -0.2) is 4.98 Å². The Morgan fingerprint density at radius 1 is 1.12 bits per heavy atom. The number of benzene rings is 1. The van der Waals surface area contributed by atoms with Gasteiger partial charge in [0.15, 0.2) is 0 Å². The number of halogens is 1. The van der Waals surface area contributed by atoms with Gasteiger partial charge in [0.25, 0.3) is 0 Å². The van der Waals surface area contributed by atoms with Crippen molar-refractivity contribution in [3.05, 3.63) is 59.4 Å². The van der Waals surface area contributed by atoms with E-state index in [2.05, 4.69) is 25.6 Å². The molecule has 0 unspecified atom stereocenters. The zero-order valence-electron chi connectivity index (χ0n) is 13.8. The van der Waals surface area contributed by atoms with Crippen LogP contribution in [0, 0.1) is 6.92 Å². The van der Waals surface area contributed by atoms with Crippen molar-refractivity contribution in [1.82, 2.24) is 15.0 Å². The van der Waals surface area contributed by atoms with Crippen LogP contribution in [0.5, 0.6) is 0 Å². The topological polar surface area (TPSA) is 62.7 Å². The van der Waals surface area contributed by atoms with E-state index < -0.39 is 0 Å². The number of hydrogen-bond donors (Lipinski definition) is 2. The number of anilines is 3. The van der Waals surface area contributed by atoms with Crippen molar-refractivity contribution in [3.63, 3.8) is 0 Å². The molecule has 2 heterocycles. The lowest BCUT2D eigenvalue weighted by atomic mass is 10.2. The molecule has 5 nitrogen and oxygen atoms in total. The minimum absolute atomic E-state index is 0.472. The zero-order chi connectivity index (χ0) is 17.2. The molecular formula is C19H18ClN5. The van der Waals surface area contributed by atoms with E-state index in [-0.39, 0.29) is 0 Å². The highest BCUT2D eigenvalue weighted by Crippen LogP contribution is 2.29. The third-order valence-corrected chi connectivity index (χ3v) is 4.29. The minimum atomic E-state index is 0.472. The molecule has 1 aromatic carbocycles. The van der Waals surface area contributed by atoms with E-state index >= 15 is 0 Å². The first-order valence-electron chi connectivity index (χ1n) is 8.26. The molecule has 2 aromatic heterocycles. The van der Waals surface area contributed by atoms with Crippen LogP contribution in [-0.2, 0) is 0 Å². The van der Waals surface area contributed by atoms with Crippen LogP contribution in [0.15, 0.2) is 48.8 Å².